The lowest BCUT2D eigenvalue weighted by atomic mass is 10.2. The van der Waals surface area contributed by atoms with Gasteiger partial charge in [-0.25, -0.2) is 4.79 Å². The number of carboxylic acids is 1. The number of nitrogens with one attached hydrogen (secondary N) is 1. The van der Waals surface area contributed by atoms with Crippen molar-refractivity contribution in [3.63, 3.8) is 0 Å². The van der Waals surface area contributed by atoms with Gasteiger partial charge in [-0.05, 0) is 48.5 Å². The van der Waals surface area contributed by atoms with E-state index in [0.717, 1.165) is 21.2 Å². The molecule has 0 aromatic heterocycles. The van der Waals surface area contributed by atoms with E-state index < -0.39 is 5.97 Å². The Kier molecular flexibility index (Phi) is 4.56. The molecular weight excluding hydrogens is 360 g/mol. The zero-order valence-corrected chi connectivity index (χ0v) is 15.1. The van der Waals surface area contributed by atoms with Gasteiger partial charge in [0.1, 0.15) is 6.54 Å². The Morgan fingerprint density at radius 1 is 0.852 bits per heavy atom. The summed E-state index contributed by atoms with van der Waals surface area (Å²) in [6, 6.07) is 22.1. The van der Waals surface area contributed by atoms with Crippen molar-refractivity contribution in [1.29, 1.82) is 0 Å². The second kappa shape index (κ2) is 7.17. The van der Waals surface area contributed by atoms with Gasteiger partial charge in [-0.2, -0.15) is 0 Å². The first-order valence-electron chi connectivity index (χ1n) is 8.38. The summed E-state index contributed by atoms with van der Waals surface area (Å²) < 4.78 is 0. The first kappa shape index (κ1) is 17.2. The first-order valence-corrected chi connectivity index (χ1v) is 9.20. The third-order valence-electron chi connectivity index (χ3n) is 4.25. The SMILES string of the molecule is O=C(CN1c2ccccc2Sc2ccccc21)Nc1ccc(C(=O)O)cc1. The summed E-state index contributed by atoms with van der Waals surface area (Å²) >= 11 is 1.69. The highest BCUT2D eigenvalue weighted by molar-refractivity contribution is 7.99. The Balaban J connectivity index is 1.57. The second-order valence-corrected chi connectivity index (χ2v) is 7.14. The van der Waals surface area contributed by atoms with Crippen molar-refractivity contribution in [3.8, 4) is 0 Å². The van der Waals surface area contributed by atoms with Crippen LogP contribution in [0.15, 0.2) is 82.6 Å². The molecule has 0 atom stereocenters. The molecule has 0 bridgehead atoms. The molecule has 1 aliphatic heterocycles. The first-order chi connectivity index (χ1) is 13.1. The van der Waals surface area contributed by atoms with E-state index in [-0.39, 0.29) is 18.0 Å². The van der Waals surface area contributed by atoms with Gasteiger partial charge in [0.25, 0.3) is 0 Å². The molecule has 6 heteroatoms. The number of hydrogen-bond acceptors (Lipinski definition) is 4. The van der Waals surface area contributed by atoms with Crippen LogP contribution in [0.25, 0.3) is 0 Å². The van der Waals surface area contributed by atoms with Gasteiger partial charge in [0.2, 0.25) is 5.91 Å². The Bertz CT molecular complexity index is 972. The van der Waals surface area contributed by atoms with Crippen LogP contribution in [-0.4, -0.2) is 23.5 Å². The van der Waals surface area contributed by atoms with Crippen LogP contribution in [0.5, 0.6) is 0 Å². The van der Waals surface area contributed by atoms with E-state index in [9.17, 15) is 9.59 Å². The zero-order valence-electron chi connectivity index (χ0n) is 14.3. The Labute approximate surface area is 160 Å². The molecule has 3 aromatic carbocycles. The summed E-state index contributed by atoms with van der Waals surface area (Å²) in [7, 11) is 0. The molecule has 0 saturated heterocycles. The Morgan fingerprint density at radius 2 is 1.41 bits per heavy atom. The van der Waals surface area contributed by atoms with E-state index in [1.165, 1.54) is 12.1 Å². The standard InChI is InChI=1S/C21H16N2O3S/c24-20(22-15-11-9-14(10-12-15)21(25)26)13-23-16-5-1-3-7-18(16)27-19-8-4-2-6-17(19)23/h1-12H,13H2,(H,22,24)(H,25,26). The fourth-order valence-electron chi connectivity index (χ4n) is 2.99. The van der Waals surface area contributed by atoms with Crippen LogP contribution in [0.4, 0.5) is 17.1 Å². The molecular formula is C21H16N2O3S. The summed E-state index contributed by atoms with van der Waals surface area (Å²) in [5.74, 6) is -1.17. The highest BCUT2D eigenvalue weighted by Gasteiger charge is 2.24. The molecule has 0 radical (unpaired) electrons. The van der Waals surface area contributed by atoms with E-state index in [4.69, 9.17) is 5.11 Å². The van der Waals surface area contributed by atoms with Gasteiger partial charge < -0.3 is 15.3 Å². The number of carbonyl (C=O) groups is 2. The predicted molar refractivity (Wildman–Crippen MR) is 106 cm³/mol. The van der Waals surface area contributed by atoms with E-state index in [0.29, 0.717) is 5.69 Å². The highest BCUT2D eigenvalue weighted by atomic mass is 32.2. The van der Waals surface area contributed by atoms with Crippen LogP contribution in [0.3, 0.4) is 0 Å². The predicted octanol–water partition coefficient (Wildman–Crippen LogP) is 4.63. The average Bonchev–Trinajstić information content (AvgIpc) is 2.68. The maximum Gasteiger partial charge on any atom is 0.335 e. The quantitative estimate of drug-likeness (QED) is 0.695. The minimum atomic E-state index is -0.994. The summed E-state index contributed by atoms with van der Waals surface area (Å²) in [4.78, 5) is 27.8. The van der Waals surface area contributed by atoms with Crippen molar-refractivity contribution >= 4 is 40.7 Å². The van der Waals surface area contributed by atoms with E-state index in [2.05, 4.69) is 5.32 Å². The molecule has 27 heavy (non-hydrogen) atoms. The molecule has 4 rings (SSSR count). The van der Waals surface area contributed by atoms with Crippen molar-refractivity contribution in [2.24, 2.45) is 0 Å². The third kappa shape index (κ3) is 3.52. The summed E-state index contributed by atoms with van der Waals surface area (Å²) in [6.07, 6.45) is 0. The fourth-order valence-corrected chi connectivity index (χ4v) is 4.09. The summed E-state index contributed by atoms with van der Waals surface area (Å²) in [5, 5.41) is 11.8. The van der Waals surface area contributed by atoms with Gasteiger partial charge >= 0.3 is 5.97 Å². The molecule has 5 nitrogen and oxygen atoms in total. The molecule has 0 saturated carbocycles. The average molecular weight is 376 g/mol. The number of amides is 1. The number of anilines is 3. The number of carboxylic acid groups (broad SMARTS) is 1. The molecule has 1 heterocycles. The van der Waals surface area contributed by atoms with Gasteiger partial charge in [-0.15, -0.1) is 0 Å². The van der Waals surface area contributed by atoms with Crippen LogP contribution in [0.1, 0.15) is 10.4 Å². The van der Waals surface area contributed by atoms with Gasteiger partial charge in [0.05, 0.1) is 16.9 Å². The van der Waals surface area contributed by atoms with Crippen LogP contribution >= 0.6 is 11.8 Å². The Hall–Kier alpha value is -3.25. The highest BCUT2D eigenvalue weighted by Crippen LogP contribution is 2.47. The normalized spacial score (nSPS) is 12.1. The van der Waals surface area contributed by atoms with Crippen molar-refractivity contribution < 1.29 is 14.7 Å². The topological polar surface area (TPSA) is 69.6 Å². The maximum absolute atomic E-state index is 12.6. The van der Waals surface area contributed by atoms with E-state index >= 15 is 0 Å². The number of aromatic carboxylic acids is 1. The van der Waals surface area contributed by atoms with Gasteiger partial charge in [-0.3, -0.25) is 4.79 Å². The molecule has 134 valence electrons. The number of benzene rings is 3. The van der Waals surface area contributed by atoms with Crippen molar-refractivity contribution in [2.75, 3.05) is 16.8 Å². The van der Waals surface area contributed by atoms with Gasteiger partial charge in [0, 0.05) is 15.5 Å². The molecule has 1 aliphatic rings. The number of hydrogen-bond donors (Lipinski definition) is 2. The lowest BCUT2D eigenvalue weighted by Crippen LogP contribution is -2.31. The largest absolute Gasteiger partial charge is 0.478 e. The lowest BCUT2D eigenvalue weighted by Gasteiger charge is -2.32. The van der Waals surface area contributed by atoms with Crippen LogP contribution < -0.4 is 10.2 Å². The van der Waals surface area contributed by atoms with Crippen LogP contribution in [-0.2, 0) is 4.79 Å². The molecule has 3 aromatic rings. The molecule has 0 fully saturated rings. The number of rotatable bonds is 4. The van der Waals surface area contributed by atoms with Gasteiger partial charge in [0.15, 0.2) is 0 Å². The summed E-state index contributed by atoms with van der Waals surface area (Å²) in [5.41, 5.74) is 2.75. The monoisotopic (exact) mass is 376 g/mol. The maximum atomic E-state index is 12.6. The molecule has 2 N–H and O–H groups in total. The van der Waals surface area contributed by atoms with E-state index in [1.807, 2.05) is 53.4 Å². The number of para-hydroxylation sites is 2. The smallest absolute Gasteiger partial charge is 0.335 e. The second-order valence-electron chi connectivity index (χ2n) is 6.05. The van der Waals surface area contributed by atoms with Crippen molar-refractivity contribution in [2.45, 2.75) is 9.79 Å². The van der Waals surface area contributed by atoms with Crippen LogP contribution in [0, 0.1) is 0 Å². The lowest BCUT2D eigenvalue weighted by molar-refractivity contribution is -0.114. The third-order valence-corrected chi connectivity index (χ3v) is 5.38. The van der Waals surface area contributed by atoms with Crippen LogP contribution in [0.2, 0.25) is 0 Å². The number of nitrogens with zero attached hydrogens (tertiary/aromatic N) is 1. The zero-order chi connectivity index (χ0) is 18.8. The van der Waals surface area contributed by atoms with Gasteiger partial charge in [-0.1, -0.05) is 36.0 Å². The molecule has 0 aliphatic carbocycles. The van der Waals surface area contributed by atoms with Crippen molar-refractivity contribution in [1.82, 2.24) is 0 Å². The van der Waals surface area contributed by atoms with E-state index in [1.54, 1.807) is 23.9 Å². The van der Waals surface area contributed by atoms with Crippen molar-refractivity contribution in [3.05, 3.63) is 78.4 Å². The number of fused-ring (bicyclic) bond motifs is 2. The molecule has 0 unspecified atom stereocenters. The Morgan fingerprint density at radius 3 is 1.96 bits per heavy atom. The molecule has 1 amide bonds. The minimum absolute atomic E-state index is 0.162. The number of carbonyl (C=O) groups excluding carboxylic acids is 1. The molecule has 0 spiro atoms. The minimum Gasteiger partial charge on any atom is -0.478 e. The summed E-state index contributed by atoms with van der Waals surface area (Å²) in [6.45, 7) is 0.162. The fraction of sp³-hybridized carbons (Fsp3) is 0.0476.